The van der Waals surface area contributed by atoms with Crippen LogP contribution in [0.15, 0.2) is 0 Å². The minimum atomic E-state index is -0.436. The highest BCUT2D eigenvalue weighted by molar-refractivity contribution is 5.81. The minimum absolute atomic E-state index is 0.0843. The number of methoxy groups -OCH3 is 1. The van der Waals surface area contributed by atoms with Crippen molar-refractivity contribution in [2.75, 3.05) is 7.11 Å². The lowest BCUT2D eigenvalue weighted by molar-refractivity contribution is -0.124. The molecule has 3 atom stereocenters. The molecule has 82 valence electrons. The molecule has 1 amide bonds. The third kappa shape index (κ3) is 2.96. The van der Waals surface area contributed by atoms with Crippen molar-refractivity contribution in [3.8, 4) is 0 Å². The Morgan fingerprint density at radius 3 is 2.71 bits per heavy atom. The first-order valence-electron chi connectivity index (χ1n) is 5.24. The normalized spacial score (nSPS) is 29.6. The Morgan fingerprint density at radius 2 is 2.14 bits per heavy atom. The molecule has 14 heavy (non-hydrogen) atoms. The second-order valence-corrected chi connectivity index (χ2v) is 3.96. The molecule has 0 aromatic heterocycles. The number of ether oxygens (including phenoxy) is 1. The fourth-order valence-electron chi connectivity index (χ4n) is 1.86. The summed E-state index contributed by atoms with van der Waals surface area (Å²) >= 11 is 0. The van der Waals surface area contributed by atoms with Crippen LogP contribution in [0, 0.1) is 0 Å². The number of carbonyl (C=O) groups is 1. The van der Waals surface area contributed by atoms with Crippen LogP contribution in [0.25, 0.3) is 0 Å². The van der Waals surface area contributed by atoms with Crippen molar-refractivity contribution >= 4 is 5.91 Å². The summed E-state index contributed by atoms with van der Waals surface area (Å²) < 4.78 is 5.33. The van der Waals surface area contributed by atoms with E-state index in [0.717, 1.165) is 19.3 Å². The van der Waals surface area contributed by atoms with Gasteiger partial charge in [-0.15, -0.1) is 0 Å². The fourth-order valence-corrected chi connectivity index (χ4v) is 1.86. The van der Waals surface area contributed by atoms with E-state index >= 15 is 0 Å². The van der Waals surface area contributed by atoms with Gasteiger partial charge in [0.2, 0.25) is 5.91 Å². The lowest BCUT2D eigenvalue weighted by Crippen LogP contribution is -2.50. The lowest BCUT2D eigenvalue weighted by Gasteiger charge is -2.31. The second kappa shape index (κ2) is 5.32. The zero-order valence-corrected chi connectivity index (χ0v) is 8.95. The van der Waals surface area contributed by atoms with Crippen molar-refractivity contribution in [1.82, 2.24) is 5.32 Å². The van der Waals surface area contributed by atoms with E-state index < -0.39 is 6.04 Å². The molecule has 3 unspecified atom stereocenters. The summed E-state index contributed by atoms with van der Waals surface area (Å²) in [6, 6.07) is -0.290. The van der Waals surface area contributed by atoms with Crippen LogP contribution in [0.1, 0.15) is 32.6 Å². The standard InChI is InChI=1S/C10H20N2O2/c1-7(11)10(13)12-8-5-3-4-6-9(8)14-2/h7-9H,3-6,11H2,1-2H3,(H,12,13). The van der Waals surface area contributed by atoms with Crippen molar-refractivity contribution < 1.29 is 9.53 Å². The van der Waals surface area contributed by atoms with Crippen molar-refractivity contribution in [2.24, 2.45) is 5.73 Å². The van der Waals surface area contributed by atoms with Crippen LogP contribution in [0.4, 0.5) is 0 Å². The molecule has 1 rings (SSSR count). The van der Waals surface area contributed by atoms with Gasteiger partial charge in [-0.3, -0.25) is 4.79 Å². The maximum Gasteiger partial charge on any atom is 0.236 e. The first-order chi connectivity index (χ1) is 6.65. The van der Waals surface area contributed by atoms with Crippen LogP contribution in [0.5, 0.6) is 0 Å². The lowest BCUT2D eigenvalue weighted by atomic mass is 9.92. The van der Waals surface area contributed by atoms with Crippen LogP contribution in [-0.4, -0.2) is 31.2 Å². The van der Waals surface area contributed by atoms with E-state index in [1.807, 2.05) is 0 Å². The van der Waals surface area contributed by atoms with E-state index in [1.54, 1.807) is 14.0 Å². The molecular weight excluding hydrogens is 180 g/mol. The minimum Gasteiger partial charge on any atom is -0.379 e. The van der Waals surface area contributed by atoms with Crippen LogP contribution in [-0.2, 0) is 9.53 Å². The van der Waals surface area contributed by atoms with Gasteiger partial charge >= 0.3 is 0 Å². The SMILES string of the molecule is COC1CCCCC1NC(=O)C(C)N. The molecule has 0 radical (unpaired) electrons. The van der Waals surface area contributed by atoms with Gasteiger partial charge in [0.25, 0.3) is 0 Å². The number of carbonyl (C=O) groups excluding carboxylic acids is 1. The van der Waals surface area contributed by atoms with Crippen molar-refractivity contribution in [3.63, 3.8) is 0 Å². The molecule has 1 saturated carbocycles. The summed E-state index contributed by atoms with van der Waals surface area (Å²) in [5.41, 5.74) is 5.49. The zero-order valence-electron chi connectivity index (χ0n) is 8.95. The molecule has 1 aliphatic carbocycles. The van der Waals surface area contributed by atoms with Gasteiger partial charge in [0, 0.05) is 7.11 Å². The smallest absolute Gasteiger partial charge is 0.236 e. The van der Waals surface area contributed by atoms with E-state index in [2.05, 4.69) is 5.32 Å². The van der Waals surface area contributed by atoms with Crippen LogP contribution < -0.4 is 11.1 Å². The summed E-state index contributed by atoms with van der Waals surface area (Å²) in [7, 11) is 1.70. The molecule has 4 heteroatoms. The summed E-state index contributed by atoms with van der Waals surface area (Å²) in [6.07, 6.45) is 4.52. The van der Waals surface area contributed by atoms with Crippen LogP contribution in [0.2, 0.25) is 0 Å². The maximum absolute atomic E-state index is 11.4. The van der Waals surface area contributed by atoms with Gasteiger partial charge < -0.3 is 15.8 Å². The predicted molar refractivity (Wildman–Crippen MR) is 54.8 cm³/mol. The van der Waals surface area contributed by atoms with Gasteiger partial charge in [-0.05, 0) is 19.8 Å². The third-order valence-corrected chi connectivity index (χ3v) is 2.75. The Kier molecular flexibility index (Phi) is 4.35. The summed E-state index contributed by atoms with van der Waals surface area (Å²) in [5, 5.41) is 2.93. The molecule has 4 nitrogen and oxygen atoms in total. The molecule has 0 aromatic carbocycles. The molecule has 0 spiro atoms. The molecule has 0 saturated heterocycles. The summed E-state index contributed by atoms with van der Waals surface area (Å²) in [5.74, 6) is -0.0843. The largest absolute Gasteiger partial charge is 0.379 e. The fraction of sp³-hybridized carbons (Fsp3) is 0.900. The number of amides is 1. The van der Waals surface area contributed by atoms with E-state index in [0.29, 0.717) is 0 Å². The van der Waals surface area contributed by atoms with Gasteiger partial charge in [-0.2, -0.15) is 0 Å². The monoisotopic (exact) mass is 200 g/mol. The summed E-state index contributed by atoms with van der Waals surface area (Å²) in [4.78, 5) is 11.4. The second-order valence-electron chi connectivity index (χ2n) is 3.96. The Labute approximate surface area is 85.2 Å². The van der Waals surface area contributed by atoms with Crippen molar-refractivity contribution in [1.29, 1.82) is 0 Å². The first kappa shape index (κ1) is 11.5. The average molecular weight is 200 g/mol. The van der Waals surface area contributed by atoms with E-state index in [9.17, 15) is 4.79 Å². The van der Waals surface area contributed by atoms with Gasteiger partial charge in [0.05, 0.1) is 18.2 Å². The number of rotatable bonds is 3. The maximum atomic E-state index is 11.4. The van der Waals surface area contributed by atoms with Gasteiger partial charge in [-0.1, -0.05) is 12.8 Å². The number of hydrogen-bond acceptors (Lipinski definition) is 3. The number of nitrogens with one attached hydrogen (secondary N) is 1. The Bertz CT molecular complexity index is 195. The number of hydrogen-bond donors (Lipinski definition) is 2. The molecular formula is C10H20N2O2. The zero-order chi connectivity index (χ0) is 10.6. The first-order valence-corrected chi connectivity index (χ1v) is 5.24. The van der Waals surface area contributed by atoms with Crippen molar-refractivity contribution in [2.45, 2.75) is 50.8 Å². The number of nitrogens with two attached hydrogens (primary N) is 1. The molecule has 1 aliphatic rings. The Hall–Kier alpha value is -0.610. The Morgan fingerprint density at radius 1 is 1.50 bits per heavy atom. The van der Waals surface area contributed by atoms with E-state index in [1.165, 1.54) is 6.42 Å². The molecule has 1 fully saturated rings. The topological polar surface area (TPSA) is 64.3 Å². The van der Waals surface area contributed by atoms with Gasteiger partial charge in [0.1, 0.15) is 0 Å². The highest BCUT2D eigenvalue weighted by atomic mass is 16.5. The van der Waals surface area contributed by atoms with E-state index in [4.69, 9.17) is 10.5 Å². The van der Waals surface area contributed by atoms with Crippen LogP contribution >= 0.6 is 0 Å². The van der Waals surface area contributed by atoms with Crippen molar-refractivity contribution in [3.05, 3.63) is 0 Å². The quantitative estimate of drug-likeness (QED) is 0.693. The summed E-state index contributed by atoms with van der Waals surface area (Å²) in [6.45, 7) is 1.69. The highest BCUT2D eigenvalue weighted by Crippen LogP contribution is 2.20. The van der Waals surface area contributed by atoms with E-state index in [-0.39, 0.29) is 18.1 Å². The molecule has 3 N–H and O–H groups in total. The average Bonchev–Trinajstić information content (AvgIpc) is 2.18. The molecule has 0 bridgehead atoms. The highest BCUT2D eigenvalue weighted by Gasteiger charge is 2.26. The van der Waals surface area contributed by atoms with Crippen LogP contribution in [0.3, 0.4) is 0 Å². The van der Waals surface area contributed by atoms with Gasteiger partial charge in [-0.25, -0.2) is 0 Å². The molecule has 0 heterocycles. The predicted octanol–water partition coefficient (Wildman–Crippen LogP) is 0.407. The Balaban J connectivity index is 2.44. The molecule has 0 aliphatic heterocycles. The van der Waals surface area contributed by atoms with Gasteiger partial charge in [0.15, 0.2) is 0 Å². The molecule has 0 aromatic rings. The third-order valence-electron chi connectivity index (χ3n) is 2.75.